The summed E-state index contributed by atoms with van der Waals surface area (Å²) in [5.41, 5.74) is 2.58. The van der Waals surface area contributed by atoms with Gasteiger partial charge in [-0.2, -0.15) is 0 Å². The molecule has 2 aliphatic rings. The first kappa shape index (κ1) is 11.2. The second-order valence-corrected chi connectivity index (χ2v) is 6.19. The molecule has 1 aliphatic carbocycles. The van der Waals surface area contributed by atoms with Crippen LogP contribution in [0.3, 0.4) is 0 Å². The van der Waals surface area contributed by atoms with Crippen molar-refractivity contribution in [2.45, 2.75) is 25.3 Å². The Morgan fingerprint density at radius 1 is 1.21 bits per heavy atom. The smallest absolute Gasteiger partial charge is 0.208 e. The molecule has 0 bridgehead atoms. The minimum atomic E-state index is 0.698. The highest BCUT2D eigenvalue weighted by molar-refractivity contribution is 7.15. The van der Waals surface area contributed by atoms with E-state index in [1.54, 1.807) is 11.3 Å². The lowest BCUT2D eigenvalue weighted by atomic mass is 10.2. The first-order valence-electron chi connectivity index (χ1n) is 6.80. The topological polar surface area (TPSA) is 41.1 Å². The zero-order valence-electron chi connectivity index (χ0n) is 10.7. The van der Waals surface area contributed by atoms with Gasteiger partial charge in [0.1, 0.15) is 5.01 Å². The zero-order valence-corrected chi connectivity index (χ0v) is 11.5. The highest BCUT2D eigenvalue weighted by atomic mass is 32.1. The molecule has 0 unspecified atom stereocenters. The van der Waals surface area contributed by atoms with Gasteiger partial charge in [-0.25, -0.2) is 0 Å². The zero-order chi connectivity index (χ0) is 12.7. The maximum Gasteiger partial charge on any atom is 0.208 e. The maximum absolute atomic E-state index is 4.38. The lowest BCUT2D eigenvalue weighted by Crippen LogP contribution is -2.25. The van der Waals surface area contributed by atoms with Crippen molar-refractivity contribution < 1.29 is 0 Å². The normalized spacial score (nSPS) is 18.6. The van der Waals surface area contributed by atoms with Crippen molar-refractivity contribution in [2.75, 3.05) is 23.3 Å². The number of fused-ring (bicyclic) bond motifs is 1. The van der Waals surface area contributed by atoms with E-state index in [1.165, 1.54) is 29.1 Å². The van der Waals surface area contributed by atoms with Crippen LogP contribution in [0.4, 0.5) is 10.8 Å². The second-order valence-electron chi connectivity index (χ2n) is 5.20. The SMILES string of the molecule is c1ccc2c(c1)CN(c1nnc(C3CC3)s1)CCN2. The summed E-state index contributed by atoms with van der Waals surface area (Å²) < 4.78 is 0. The van der Waals surface area contributed by atoms with Crippen LogP contribution in [0.1, 0.15) is 29.3 Å². The Morgan fingerprint density at radius 2 is 2.11 bits per heavy atom. The third-order valence-electron chi connectivity index (χ3n) is 3.70. The van der Waals surface area contributed by atoms with Crippen LogP contribution in [0.2, 0.25) is 0 Å². The Hall–Kier alpha value is -1.62. The minimum absolute atomic E-state index is 0.698. The average molecular weight is 272 g/mol. The molecule has 98 valence electrons. The van der Waals surface area contributed by atoms with Gasteiger partial charge < -0.3 is 10.2 Å². The molecular weight excluding hydrogens is 256 g/mol. The van der Waals surface area contributed by atoms with Crippen LogP contribution in [0.25, 0.3) is 0 Å². The summed E-state index contributed by atoms with van der Waals surface area (Å²) in [5, 5.41) is 14.5. The summed E-state index contributed by atoms with van der Waals surface area (Å²) in [5.74, 6) is 0.698. The fourth-order valence-corrected chi connectivity index (χ4v) is 3.49. The quantitative estimate of drug-likeness (QED) is 0.912. The summed E-state index contributed by atoms with van der Waals surface area (Å²) in [4.78, 5) is 2.34. The maximum atomic E-state index is 4.38. The van der Waals surface area contributed by atoms with Gasteiger partial charge in [0.2, 0.25) is 5.13 Å². The lowest BCUT2D eigenvalue weighted by molar-refractivity contribution is 0.809. The molecular formula is C14H16N4S. The van der Waals surface area contributed by atoms with Gasteiger partial charge in [-0.3, -0.25) is 0 Å². The minimum Gasteiger partial charge on any atom is -0.383 e. The molecule has 0 amide bonds. The van der Waals surface area contributed by atoms with Gasteiger partial charge >= 0.3 is 0 Å². The van der Waals surface area contributed by atoms with Gasteiger partial charge in [0.25, 0.3) is 0 Å². The molecule has 1 aliphatic heterocycles. The van der Waals surface area contributed by atoms with Gasteiger partial charge in [0, 0.05) is 31.2 Å². The molecule has 0 saturated heterocycles. The fourth-order valence-electron chi connectivity index (χ4n) is 2.45. The highest BCUT2D eigenvalue weighted by Crippen LogP contribution is 2.42. The van der Waals surface area contributed by atoms with E-state index < -0.39 is 0 Å². The van der Waals surface area contributed by atoms with E-state index in [2.05, 4.69) is 44.7 Å². The van der Waals surface area contributed by atoms with Crippen LogP contribution < -0.4 is 10.2 Å². The standard InChI is InChI=1S/C14H16N4S/c1-2-4-12-11(3-1)9-18(8-7-15-12)14-17-16-13(19-14)10-5-6-10/h1-4,10,15H,5-9H2. The Bertz CT molecular complexity index is 591. The number of anilines is 2. The number of rotatable bonds is 2. The van der Waals surface area contributed by atoms with Gasteiger partial charge in [-0.05, 0) is 24.5 Å². The predicted octanol–water partition coefficient (Wildman–Crippen LogP) is 2.85. The van der Waals surface area contributed by atoms with E-state index in [9.17, 15) is 0 Å². The van der Waals surface area contributed by atoms with Crippen molar-refractivity contribution in [1.29, 1.82) is 0 Å². The van der Waals surface area contributed by atoms with E-state index in [0.29, 0.717) is 5.92 Å². The summed E-state index contributed by atoms with van der Waals surface area (Å²) in [6, 6.07) is 8.51. The number of hydrogen-bond donors (Lipinski definition) is 1. The van der Waals surface area contributed by atoms with E-state index in [-0.39, 0.29) is 0 Å². The summed E-state index contributed by atoms with van der Waals surface area (Å²) >= 11 is 1.77. The number of nitrogens with one attached hydrogen (secondary N) is 1. The van der Waals surface area contributed by atoms with Crippen LogP contribution >= 0.6 is 11.3 Å². The third kappa shape index (κ3) is 2.18. The molecule has 0 radical (unpaired) electrons. The molecule has 4 nitrogen and oxygen atoms in total. The molecule has 1 aromatic heterocycles. The number of para-hydroxylation sites is 1. The Kier molecular flexibility index (Phi) is 2.65. The van der Waals surface area contributed by atoms with E-state index in [0.717, 1.165) is 24.8 Å². The molecule has 0 atom stereocenters. The molecule has 0 spiro atoms. The molecule has 2 aromatic rings. The van der Waals surface area contributed by atoms with Crippen LogP contribution in [-0.2, 0) is 6.54 Å². The first-order chi connectivity index (χ1) is 9.40. The largest absolute Gasteiger partial charge is 0.383 e. The third-order valence-corrected chi connectivity index (χ3v) is 4.85. The van der Waals surface area contributed by atoms with E-state index in [4.69, 9.17) is 0 Å². The Labute approximate surface area is 116 Å². The second kappa shape index (κ2) is 4.49. The summed E-state index contributed by atoms with van der Waals surface area (Å²) in [6.45, 7) is 2.85. The Balaban J connectivity index is 1.60. The molecule has 1 fully saturated rings. The van der Waals surface area contributed by atoms with Gasteiger partial charge in [0.05, 0.1) is 0 Å². The molecule has 1 N–H and O–H groups in total. The van der Waals surface area contributed by atoms with Crippen molar-refractivity contribution in [2.24, 2.45) is 0 Å². The number of aromatic nitrogens is 2. The van der Waals surface area contributed by atoms with Crippen molar-refractivity contribution in [3.8, 4) is 0 Å². The van der Waals surface area contributed by atoms with Crippen LogP contribution in [0, 0.1) is 0 Å². The number of nitrogens with zero attached hydrogens (tertiary/aromatic N) is 3. The van der Waals surface area contributed by atoms with Gasteiger partial charge in [-0.1, -0.05) is 29.5 Å². The van der Waals surface area contributed by atoms with Crippen molar-refractivity contribution in [3.63, 3.8) is 0 Å². The van der Waals surface area contributed by atoms with E-state index >= 15 is 0 Å². The van der Waals surface area contributed by atoms with Crippen molar-refractivity contribution >= 4 is 22.2 Å². The van der Waals surface area contributed by atoms with Gasteiger partial charge in [-0.15, -0.1) is 10.2 Å². The highest BCUT2D eigenvalue weighted by Gasteiger charge is 2.28. The fraction of sp³-hybridized carbons (Fsp3) is 0.429. The molecule has 1 aromatic carbocycles. The predicted molar refractivity (Wildman–Crippen MR) is 77.9 cm³/mol. The molecule has 1 saturated carbocycles. The first-order valence-corrected chi connectivity index (χ1v) is 7.62. The molecule has 4 rings (SSSR count). The summed E-state index contributed by atoms with van der Waals surface area (Å²) in [7, 11) is 0. The van der Waals surface area contributed by atoms with Crippen LogP contribution in [0.15, 0.2) is 24.3 Å². The summed E-state index contributed by atoms with van der Waals surface area (Å²) in [6.07, 6.45) is 2.58. The Morgan fingerprint density at radius 3 is 3.00 bits per heavy atom. The average Bonchev–Trinajstić information content (AvgIpc) is 3.21. The molecule has 19 heavy (non-hydrogen) atoms. The number of benzene rings is 1. The lowest BCUT2D eigenvalue weighted by Gasteiger charge is -2.18. The molecule has 5 heteroatoms. The van der Waals surface area contributed by atoms with Crippen molar-refractivity contribution in [3.05, 3.63) is 34.8 Å². The number of hydrogen-bond acceptors (Lipinski definition) is 5. The van der Waals surface area contributed by atoms with Gasteiger partial charge in [0.15, 0.2) is 0 Å². The van der Waals surface area contributed by atoms with Crippen LogP contribution in [0.5, 0.6) is 0 Å². The van der Waals surface area contributed by atoms with Crippen molar-refractivity contribution in [1.82, 2.24) is 10.2 Å². The van der Waals surface area contributed by atoms with E-state index in [1.807, 2.05) is 0 Å². The van der Waals surface area contributed by atoms with Crippen LogP contribution in [-0.4, -0.2) is 23.3 Å². The molecule has 2 heterocycles. The monoisotopic (exact) mass is 272 g/mol.